The second kappa shape index (κ2) is 7.43. The minimum Gasteiger partial charge on any atom is -0.393 e. The molecule has 0 spiro atoms. The highest BCUT2D eigenvalue weighted by Gasteiger charge is 2.19. The van der Waals surface area contributed by atoms with Crippen molar-refractivity contribution < 1.29 is 9.90 Å². The fraction of sp³-hybridized carbons (Fsp3) is 0.562. The van der Waals surface area contributed by atoms with Crippen LogP contribution in [0.1, 0.15) is 32.6 Å². The summed E-state index contributed by atoms with van der Waals surface area (Å²) in [7, 11) is 0. The molecular formula is C16H25N3O2. The third kappa shape index (κ3) is 4.72. The molecule has 0 saturated carbocycles. The van der Waals surface area contributed by atoms with Crippen molar-refractivity contribution >= 4 is 17.3 Å². The van der Waals surface area contributed by atoms with Gasteiger partial charge in [-0.1, -0.05) is 12.1 Å². The first-order valence-corrected chi connectivity index (χ1v) is 7.63. The summed E-state index contributed by atoms with van der Waals surface area (Å²) in [5, 5.41) is 12.6. The van der Waals surface area contributed by atoms with Crippen LogP contribution in [-0.2, 0) is 4.79 Å². The van der Waals surface area contributed by atoms with E-state index in [-0.39, 0.29) is 18.1 Å². The third-order valence-electron chi connectivity index (χ3n) is 3.81. The summed E-state index contributed by atoms with van der Waals surface area (Å²) in [6.45, 7) is 3.53. The van der Waals surface area contributed by atoms with Crippen LogP contribution in [0.2, 0.25) is 0 Å². The molecule has 1 aliphatic rings. The number of carbonyl (C=O) groups is 1. The van der Waals surface area contributed by atoms with Crippen molar-refractivity contribution in [1.82, 2.24) is 0 Å². The zero-order valence-electron chi connectivity index (χ0n) is 12.6. The predicted octanol–water partition coefficient (Wildman–Crippen LogP) is 1.71. The van der Waals surface area contributed by atoms with Gasteiger partial charge in [0.05, 0.1) is 17.5 Å². The minimum atomic E-state index is -0.200. The molecular weight excluding hydrogens is 266 g/mol. The average molecular weight is 291 g/mol. The highest BCUT2D eigenvalue weighted by Crippen LogP contribution is 2.28. The molecule has 1 fully saturated rings. The summed E-state index contributed by atoms with van der Waals surface area (Å²) in [5.41, 5.74) is 7.55. The Bertz CT molecular complexity index is 468. The number of piperidine rings is 1. The van der Waals surface area contributed by atoms with Gasteiger partial charge in [0.1, 0.15) is 0 Å². The molecule has 1 aliphatic heterocycles. The third-order valence-corrected chi connectivity index (χ3v) is 3.81. The maximum Gasteiger partial charge on any atom is 0.224 e. The van der Waals surface area contributed by atoms with E-state index in [9.17, 15) is 9.90 Å². The Kier molecular flexibility index (Phi) is 5.59. The van der Waals surface area contributed by atoms with E-state index in [0.717, 1.165) is 37.3 Å². The number of hydrogen-bond donors (Lipinski definition) is 3. The number of amides is 1. The van der Waals surface area contributed by atoms with Crippen LogP contribution in [0, 0.1) is 0 Å². The smallest absolute Gasteiger partial charge is 0.224 e. The molecule has 0 aromatic heterocycles. The van der Waals surface area contributed by atoms with Crippen LogP contribution >= 0.6 is 0 Å². The lowest BCUT2D eigenvalue weighted by Gasteiger charge is -2.32. The van der Waals surface area contributed by atoms with Crippen LogP contribution in [0.25, 0.3) is 0 Å². The van der Waals surface area contributed by atoms with Crippen molar-refractivity contribution in [3.05, 3.63) is 24.3 Å². The molecule has 1 heterocycles. The standard InChI is InChI=1S/C16H25N3O2/c1-12(17)6-7-16(21)18-14-4-2-3-5-15(14)19-10-8-13(20)9-11-19/h2-5,12-13,20H,6-11,17H2,1H3,(H,18,21). The number of nitrogens with zero attached hydrogens (tertiary/aromatic N) is 1. The van der Waals surface area contributed by atoms with E-state index >= 15 is 0 Å². The van der Waals surface area contributed by atoms with Crippen LogP contribution in [0.3, 0.4) is 0 Å². The molecule has 1 aromatic rings. The lowest BCUT2D eigenvalue weighted by Crippen LogP contribution is -2.36. The average Bonchev–Trinajstić information content (AvgIpc) is 2.47. The van der Waals surface area contributed by atoms with Crippen LogP contribution in [0.15, 0.2) is 24.3 Å². The fourth-order valence-corrected chi connectivity index (χ4v) is 2.53. The van der Waals surface area contributed by atoms with Gasteiger partial charge >= 0.3 is 0 Å². The van der Waals surface area contributed by atoms with E-state index in [0.29, 0.717) is 12.8 Å². The summed E-state index contributed by atoms with van der Waals surface area (Å²) in [4.78, 5) is 14.2. The van der Waals surface area contributed by atoms with Gasteiger partial charge in [-0.05, 0) is 38.3 Å². The molecule has 1 unspecified atom stereocenters. The highest BCUT2D eigenvalue weighted by molar-refractivity contribution is 5.94. The zero-order valence-corrected chi connectivity index (χ0v) is 12.6. The van der Waals surface area contributed by atoms with Crippen LogP contribution < -0.4 is 16.0 Å². The lowest BCUT2D eigenvalue weighted by molar-refractivity contribution is -0.116. The van der Waals surface area contributed by atoms with Crippen LogP contribution in [0.4, 0.5) is 11.4 Å². The molecule has 1 amide bonds. The Morgan fingerprint density at radius 2 is 2.10 bits per heavy atom. The van der Waals surface area contributed by atoms with Crippen LogP contribution in [0.5, 0.6) is 0 Å². The van der Waals surface area contributed by atoms with Gasteiger partial charge in [0.25, 0.3) is 0 Å². The number of rotatable bonds is 5. The maximum atomic E-state index is 12.0. The molecule has 1 aromatic carbocycles. The van der Waals surface area contributed by atoms with Crippen molar-refractivity contribution in [3.8, 4) is 0 Å². The molecule has 5 nitrogen and oxygen atoms in total. The first-order valence-electron chi connectivity index (χ1n) is 7.63. The number of anilines is 2. The Hall–Kier alpha value is -1.59. The number of nitrogens with one attached hydrogen (secondary N) is 1. The monoisotopic (exact) mass is 291 g/mol. The van der Waals surface area contributed by atoms with Gasteiger partial charge in [-0.3, -0.25) is 4.79 Å². The summed E-state index contributed by atoms with van der Waals surface area (Å²) in [6.07, 6.45) is 2.46. The predicted molar refractivity (Wildman–Crippen MR) is 85.4 cm³/mol. The summed E-state index contributed by atoms with van der Waals surface area (Å²) in [5.74, 6) is -0.00297. The van der Waals surface area contributed by atoms with E-state index in [1.807, 2.05) is 31.2 Å². The first-order chi connectivity index (χ1) is 10.1. The lowest BCUT2D eigenvalue weighted by atomic mass is 10.1. The van der Waals surface area contributed by atoms with Crippen molar-refractivity contribution in [2.24, 2.45) is 5.73 Å². The molecule has 1 saturated heterocycles. The Labute approximate surface area is 126 Å². The minimum absolute atomic E-state index is 0.00297. The number of aliphatic hydroxyl groups is 1. The summed E-state index contributed by atoms with van der Waals surface area (Å²) >= 11 is 0. The Morgan fingerprint density at radius 1 is 1.43 bits per heavy atom. The molecule has 1 atom stereocenters. The van der Waals surface area contributed by atoms with Gasteiger partial charge in [-0.15, -0.1) is 0 Å². The van der Waals surface area contributed by atoms with Crippen molar-refractivity contribution in [2.75, 3.05) is 23.3 Å². The molecule has 0 aliphatic carbocycles. The summed E-state index contributed by atoms with van der Waals surface area (Å²) < 4.78 is 0. The molecule has 0 radical (unpaired) electrons. The number of benzene rings is 1. The number of hydrogen-bond acceptors (Lipinski definition) is 4. The second-order valence-electron chi connectivity index (χ2n) is 5.80. The van der Waals surface area contributed by atoms with Gasteiger partial charge in [-0.2, -0.15) is 0 Å². The van der Waals surface area contributed by atoms with Gasteiger partial charge < -0.3 is 21.1 Å². The first kappa shape index (κ1) is 15.8. The maximum absolute atomic E-state index is 12.0. The Morgan fingerprint density at radius 3 is 2.76 bits per heavy atom. The number of nitrogens with two attached hydrogens (primary N) is 1. The Balaban J connectivity index is 2.01. The van der Waals surface area contributed by atoms with E-state index in [2.05, 4.69) is 10.2 Å². The van der Waals surface area contributed by atoms with Crippen molar-refractivity contribution in [3.63, 3.8) is 0 Å². The molecule has 4 N–H and O–H groups in total. The van der Waals surface area contributed by atoms with Crippen molar-refractivity contribution in [1.29, 1.82) is 0 Å². The van der Waals surface area contributed by atoms with E-state index < -0.39 is 0 Å². The SMILES string of the molecule is CC(N)CCC(=O)Nc1ccccc1N1CCC(O)CC1. The molecule has 0 bridgehead atoms. The quantitative estimate of drug-likeness (QED) is 0.772. The largest absolute Gasteiger partial charge is 0.393 e. The second-order valence-corrected chi connectivity index (χ2v) is 5.80. The normalized spacial score (nSPS) is 17.6. The van der Waals surface area contributed by atoms with Gasteiger partial charge in [-0.25, -0.2) is 0 Å². The number of carbonyl (C=O) groups excluding carboxylic acids is 1. The zero-order chi connectivity index (χ0) is 15.2. The molecule has 2 rings (SSSR count). The van der Waals surface area contributed by atoms with Crippen molar-refractivity contribution in [2.45, 2.75) is 44.8 Å². The fourth-order valence-electron chi connectivity index (χ4n) is 2.53. The van der Waals surface area contributed by atoms with Gasteiger partial charge in [0.2, 0.25) is 5.91 Å². The van der Waals surface area contributed by atoms with E-state index in [1.165, 1.54) is 0 Å². The molecule has 5 heteroatoms. The molecule has 116 valence electrons. The number of aliphatic hydroxyl groups excluding tert-OH is 1. The topological polar surface area (TPSA) is 78.6 Å². The van der Waals surface area contributed by atoms with Crippen LogP contribution in [-0.4, -0.2) is 36.2 Å². The van der Waals surface area contributed by atoms with Gasteiger partial charge in [0.15, 0.2) is 0 Å². The van der Waals surface area contributed by atoms with Gasteiger partial charge in [0, 0.05) is 25.6 Å². The highest BCUT2D eigenvalue weighted by atomic mass is 16.3. The summed E-state index contributed by atoms with van der Waals surface area (Å²) in [6, 6.07) is 7.86. The van der Waals surface area contributed by atoms with E-state index in [4.69, 9.17) is 5.73 Å². The van der Waals surface area contributed by atoms with E-state index in [1.54, 1.807) is 0 Å². The number of para-hydroxylation sites is 2. The molecule has 21 heavy (non-hydrogen) atoms.